The lowest BCUT2D eigenvalue weighted by Crippen LogP contribution is -2.27. The summed E-state index contributed by atoms with van der Waals surface area (Å²) in [4.78, 5) is 12.1. The van der Waals surface area contributed by atoms with Crippen LogP contribution in [0, 0.1) is 6.92 Å². The van der Waals surface area contributed by atoms with Gasteiger partial charge in [0.15, 0.2) is 11.5 Å². The highest BCUT2D eigenvalue weighted by atomic mass is 35.5. The monoisotopic (exact) mass is 424 g/mol. The number of carbonyl (C=O) groups is 1. The summed E-state index contributed by atoms with van der Waals surface area (Å²) in [5, 5.41) is 3.24. The average molecular weight is 425 g/mol. The standard InChI is InChI=1S/C19H21ClN2O5S/c1-13-3-4-14(11-16(13)20)22-19(23)7-8-21-28(24,25)15-5-6-17-18(12-15)27-10-2-9-26-17/h3-6,11-12,21H,2,7-10H2,1H3,(H,22,23). The summed E-state index contributed by atoms with van der Waals surface area (Å²) in [5.74, 6) is 0.600. The largest absolute Gasteiger partial charge is 0.490 e. The number of aryl methyl sites for hydroxylation is 1. The minimum absolute atomic E-state index is 0.0186. The first-order valence-electron chi connectivity index (χ1n) is 8.80. The van der Waals surface area contributed by atoms with E-state index in [0.717, 1.165) is 12.0 Å². The van der Waals surface area contributed by atoms with E-state index < -0.39 is 10.0 Å². The fraction of sp³-hybridized carbons (Fsp3) is 0.316. The van der Waals surface area contributed by atoms with Gasteiger partial charge in [-0.25, -0.2) is 13.1 Å². The van der Waals surface area contributed by atoms with Crippen molar-refractivity contribution in [1.82, 2.24) is 4.72 Å². The van der Waals surface area contributed by atoms with Crippen molar-refractivity contribution in [2.75, 3.05) is 25.1 Å². The summed E-state index contributed by atoms with van der Waals surface area (Å²) in [6, 6.07) is 9.63. The van der Waals surface area contributed by atoms with Gasteiger partial charge in [0.05, 0.1) is 18.1 Å². The lowest BCUT2D eigenvalue weighted by Gasteiger charge is -2.11. The number of ether oxygens (including phenoxy) is 2. The zero-order valence-electron chi connectivity index (χ0n) is 15.3. The number of sulfonamides is 1. The number of nitrogens with one attached hydrogen (secondary N) is 2. The molecule has 0 unspecified atom stereocenters. The maximum Gasteiger partial charge on any atom is 0.240 e. The number of fused-ring (bicyclic) bond motifs is 1. The highest BCUT2D eigenvalue weighted by Gasteiger charge is 2.19. The fourth-order valence-corrected chi connectivity index (χ4v) is 3.81. The van der Waals surface area contributed by atoms with Crippen molar-refractivity contribution >= 4 is 33.2 Å². The molecule has 2 aromatic rings. The van der Waals surface area contributed by atoms with E-state index in [1.54, 1.807) is 24.3 Å². The number of benzene rings is 2. The normalized spacial score (nSPS) is 13.6. The van der Waals surface area contributed by atoms with Gasteiger partial charge in [-0.05, 0) is 36.8 Å². The third kappa shape index (κ3) is 5.15. The Morgan fingerprint density at radius 1 is 1.11 bits per heavy atom. The highest BCUT2D eigenvalue weighted by molar-refractivity contribution is 7.89. The quantitative estimate of drug-likeness (QED) is 0.743. The number of anilines is 1. The fourth-order valence-electron chi connectivity index (χ4n) is 2.59. The maximum absolute atomic E-state index is 12.5. The molecule has 9 heteroatoms. The van der Waals surface area contributed by atoms with Gasteiger partial charge < -0.3 is 14.8 Å². The van der Waals surface area contributed by atoms with Crippen LogP contribution in [0.1, 0.15) is 18.4 Å². The van der Waals surface area contributed by atoms with Crippen molar-refractivity contribution in [3.63, 3.8) is 0 Å². The molecule has 0 spiro atoms. The van der Waals surface area contributed by atoms with Crippen LogP contribution in [0.25, 0.3) is 0 Å². The van der Waals surface area contributed by atoms with E-state index in [4.69, 9.17) is 21.1 Å². The Bertz CT molecular complexity index is 978. The second kappa shape index (κ2) is 8.81. The summed E-state index contributed by atoms with van der Waals surface area (Å²) in [7, 11) is -3.77. The number of hydrogen-bond donors (Lipinski definition) is 2. The predicted octanol–water partition coefficient (Wildman–Crippen LogP) is 3.12. The lowest BCUT2D eigenvalue weighted by molar-refractivity contribution is -0.116. The minimum Gasteiger partial charge on any atom is -0.490 e. The summed E-state index contributed by atoms with van der Waals surface area (Å²) in [6.45, 7) is 2.82. The van der Waals surface area contributed by atoms with Crippen molar-refractivity contribution in [2.24, 2.45) is 0 Å². The molecule has 0 bridgehead atoms. The van der Waals surface area contributed by atoms with Gasteiger partial charge >= 0.3 is 0 Å². The number of halogens is 1. The molecule has 1 amide bonds. The Hall–Kier alpha value is -2.29. The van der Waals surface area contributed by atoms with E-state index in [2.05, 4.69) is 10.0 Å². The first-order valence-corrected chi connectivity index (χ1v) is 10.7. The van der Waals surface area contributed by atoms with E-state index in [0.29, 0.717) is 35.4 Å². The van der Waals surface area contributed by atoms with Crippen LogP contribution < -0.4 is 19.5 Å². The SMILES string of the molecule is Cc1ccc(NC(=O)CCNS(=O)(=O)c2ccc3c(c2)OCCCO3)cc1Cl. The minimum atomic E-state index is -3.77. The number of rotatable bonds is 6. The molecule has 0 fully saturated rings. The van der Waals surface area contributed by atoms with Gasteiger partial charge in [0.2, 0.25) is 15.9 Å². The van der Waals surface area contributed by atoms with E-state index in [1.165, 1.54) is 12.1 Å². The van der Waals surface area contributed by atoms with Gasteiger partial charge in [0.25, 0.3) is 0 Å². The number of amides is 1. The third-order valence-corrected chi connectivity index (χ3v) is 5.99. The smallest absolute Gasteiger partial charge is 0.240 e. The molecule has 2 aromatic carbocycles. The van der Waals surface area contributed by atoms with E-state index in [9.17, 15) is 13.2 Å². The molecule has 0 aromatic heterocycles. The van der Waals surface area contributed by atoms with Crippen molar-refractivity contribution in [1.29, 1.82) is 0 Å². The topological polar surface area (TPSA) is 93.7 Å². The molecule has 1 heterocycles. The molecular weight excluding hydrogens is 404 g/mol. The number of hydrogen-bond acceptors (Lipinski definition) is 5. The van der Waals surface area contributed by atoms with Crippen LogP contribution in [0.5, 0.6) is 11.5 Å². The second-order valence-electron chi connectivity index (χ2n) is 6.32. The van der Waals surface area contributed by atoms with Gasteiger partial charge in [-0.15, -0.1) is 0 Å². The van der Waals surface area contributed by atoms with Crippen LogP contribution in [-0.2, 0) is 14.8 Å². The van der Waals surface area contributed by atoms with Crippen molar-refractivity contribution < 1.29 is 22.7 Å². The summed E-state index contributed by atoms with van der Waals surface area (Å²) >= 11 is 6.03. The molecule has 0 saturated carbocycles. The highest BCUT2D eigenvalue weighted by Crippen LogP contribution is 2.31. The number of carbonyl (C=O) groups excluding carboxylic acids is 1. The molecule has 2 N–H and O–H groups in total. The van der Waals surface area contributed by atoms with Crippen LogP contribution in [-0.4, -0.2) is 34.1 Å². The maximum atomic E-state index is 12.5. The average Bonchev–Trinajstić information content (AvgIpc) is 2.89. The zero-order valence-corrected chi connectivity index (χ0v) is 16.9. The van der Waals surface area contributed by atoms with E-state index in [-0.39, 0.29) is 23.8 Å². The van der Waals surface area contributed by atoms with Crippen LogP contribution in [0.15, 0.2) is 41.3 Å². The van der Waals surface area contributed by atoms with Crippen LogP contribution >= 0.6 is 11.6 Å². The summed E-state index contributed by atoms with van der Waals surface area (Å²) < 4.78 is 38.4. The van der Waals surface area contributed by atoms with E-state index in [1.807, 2.05) is 6.92 Å². The molecular formula is C19H21ClN2O5S. The molecule has 1 aliphatic rings. The van der Waals surface area contributed by atoms with Gasteiger partial charge in [-0.1, -0.05) is 17.7 Å². The summed E-state index contributed by atoms with van der Waals surface area (Å²) in [5.41, 5.74) is 1.47. The van der Waals surface area contributed by atoms with Crippen LogP contribution in [0.2, 0.25) is 5.02 Å². The second-order valence-corrected chi connectivity index (χ2v) is 8.49. The van der Waals surface area contributed by atoms with Crippen molar-refractivity contribution in [3.05, 3.63) is 47.0 Å². The zero-order chi connectivity index (χ0) is 20.1. The van der Waals surface area contributed by atoms with Gasteiger partial charge in [-0.3, -0.25) is 4.79 Å². The first kappa shape index (κ1) is 20.4. The Balaban J connectivity index is 1.56. The Labute approximate surface area is 169 Å². The lowest BCUT2D eigenvalue weighted by atomic mass is 10.2. The van der Waals surface area contributed by atoms with Crippen molar-refractivity contribution in [3.8, 4) is 11.5 Å². The molecule has 0 atom stereocenters. The first-order chi connectivity index (χ1) is 13.3. The third-order valence-electron chi connectivity index (χ3n) is 4.13. The van der Waals surface area contributed by atoms with E-state index >= 15 is 0 Å². The Kier molecular flexibility index (Phi) is 6.43. The van der Waals surface area contributed by atoms with Crippen LogP contribution in [0.4, 0.5) is 5.69 Å². The van der Waals surface area contributed by atoms with Gasteiger partial charge in [0.1, 0.15) is 0 Å². The van der Waals surface area contributed by atoms with Crippen LogP contribution in [0.3, 0.4) is 0 Å². The molecule has 0 radical (unpaired) electrons. The Morgan fingerprint density at radius 3 is 2.61 bits per heavy atom. The van der Waals surface area contributed by atoms with Gasteiger partial charge in [-0.2, -0.15) is 0 Å². The molecule has 3 rings (SSSR count). The van der Waals surface area contributed by atoms with Gasteiger partial charge in [0, 0.05) is 36.2 Å². The predicted molar refractivity (Wildman–Crippen MR) is 107 cm³/mol. The molecule has 0 aliphatic carbocycles. The molecule has 7 nitrogen and oxygen atoms in total. The molecule has 28 heavy (non-hydrogen) atoms. The van der Waals surface area contributed by atoms with Crippen molar-refractivity contribution in [2.45, 2.75) is 24.7 Å². The molecule has 150 valence electrons. The summed E-state index contributed by atoms with van der Waals surface area (Å²) in [6.07, 6.45) is 0.714. The molecule has 1 aliphatic heterocycles. The Morgan fingerprint density at radius 2 is 1.86 bits per heavy atom. The molecule has 0 saturated heterocycles.